The van der Waals surface area contributed by atoms with Gasteiger partial charge in [-0.05, 0) is 38.4 Å². The fourth-order valence-corrected chi connectivity index (χ4v) is 2.34. The number of hydrogen-bond acceptors (Lipinski definition) is 2. The molecular formula is C14H19NO. The van der Waals surface area contributed by atoms with Gasteiger partial charge >= 0.3 is 0 Å². The molecule has 0 amide bonds. The van der Waals surface area contributed by atoms with Crippen LogP contribution in [0.2, 0.25) is 0 Å². The molecule has 1 heterocycles. The Balaban J connectivity index is 2.09. The van der Waals surface area contributed by atoms with Gasteiger partial charge in [-0.25, -0.2) is 0 Å². The standard InChI is InChI=1S/C14H19NO/c1-15-10-6-5-9-14(16)13(15)11-12-7-3-2-4-8-12/h2-4,7-8,13H,5-6,9-11H2,1H3. The number of benzene rings is 1. The number of nitrogens with zero attached hydrogens (tertiary/aromatic N) is 1. The second kappa shape index (κ2) is 5.26. The number of Topliss-reactive ketones (excluding diaryl/α,β-unsaturated/α-hetero) is 1. The first-order valence-electron chi connectivity index (χ1n) is 6.04. The van der Waals surface area contributed by atoms with Crippen LogP contribution >= 0.6 is 0 Å². The molecule has 1 saturated heterocycles. The monoisotopic (exact) mass is 217 g/mol. The van der Waals surface area contributed by atoms with Gasteiger partial charge in [0.25, 0.3) is 0 Å². The molecule has 1 aromatic rings. The van der Waals surface area contributed by atoms with E-state index >= 15 is 0 Å². The molecule has 0 aliphatic carbocycles. The van der Waals surface area contributed by atoms with Crippen LogP contribution in [0, 0.1) is 0 Å². The van der Waals surface area contributed by atoms with Crippen LogP contribution in [0.25, 0.3) is 0 Å². The van der Waals surface area contributed by atoms with Gasteiger partial charge < -0.3 is 0 Å². The van der Waals surface area contributed by atoms with Crippen LogP contribution in [0.3, 0.4) is 0 Å². The van der Waals surface area contributed by atoms with Crippen LogP contribution in [0.1, 0.15) is 24.8 Å². The van der Waals surface area contributed by atoms with E-state index in [1.165, 1.54) is 5.56 Å². The first-order valence-corrected chi connectivity index (χ1v) is 6.04. The van der Waals surface area contributed by atoms with E-state index in [9.17, 15) is 4.79 Å². The zero-order valence-corrected chi connectivity index (χ0v) is 9.86. The molecule has 1 unspecified atom stereocenters. The minimum absolute atomic E-state index is 0.0879. The van der Waals surface area contributed by atoms with Gasteiger partial charge in [-0.1, -0.05) is 30.3 Å². The third kappa shape index (κ3) is 2.70. The van der Waals surface area contributed by atoms with Gasteiger partial charge in [0.1, 0.15) is 5.78 Å². The Hall–Kier alpha value is -1.15. The highest BCUT2D eigenvalue weighted by atomic mass is 16.1. The van der Waals surface area contributed by atoms with E-state index in [1.54, 1.807) is 0 Å². The first kappa shape index (κ1) is 11.3. The quantitative estimate of drug-likeness (QED) is 0.757. The van der Waals surface area contributed by atoms with Crippen molar-refractivity contribution in [3.63, 3.8) is 0 Å². The van der Waals surface area contributed by atoms with Crippen molar-refractivity contribution in [1.82, 2.24) is 4.90 Å². The highest BCUT2D eigenvalue weighted by molar-refractivity contribution is 5.84. The molecule has 1 atom stereocenters. The van der Waals surface area contributed by atoms with Crippen LogP contribution in [0.5, 0.6) is 0 Å². The number of likely N-dealkylation sites (N-methyl/N-ethyl adjacent to an activating group) is 1. The maximum atomic E-state index is 12.0. The minimum atomic E-state index is 0.0879. The number of hydrogen-bond donors (Lipinski definition) is 0. The summed E-state index contributed by atoms with van der Waals surface area (Å²) in [6.45, 7) is 1.04. The Morgan fingerprint density at radius 1 is 1.25 bits per heavy atom. The summed E-state index contributed by atoms with van der Waals surface area (Å²) in [5.74, 6) is 0.406. The molecule has 86 valence electrons. The second-order valence-electron chi connectivity index (χ2n) is 4.61. The lowest BCUT2D eigenvalue weighted by atomic mass is 10.00. The van der Waals surface area contributed by atoms with Crippen molar-refractivity contribution in [2.75, 3.05) is 13.6 Å². The first-order chi connectivity index (χ1) is 7.77. The van der Waals surface area contributed by atoms with Gasteiger partial charge in [-0.2, -0.15) is 0 Å². The van der Waals surface area contributed by atoms with Gasteiger partial charge in [0, 0.05) is 6.42 Å². The summed E-state index contributed by atoms with van der Waals surface area (Å²) >= 11 is 0. The molecular weight excluding hydrogens is 198 g/mol. The molecule has 0 bridgehead atoms. The molecule has 0 N–H and O–H groups in total. The molecule has 0 aromatic heterocycles. The largest absolute Gasteiger partial charge is 0.298 e. The summed E-state index contributed by atoms with van der Waals surface area (Å²) in [6.07, 6.45) is 3.81. The Morgan fingerprint density at radius 3 is 2.75 bits per heavy atom. The van der Waals surface area contributed by atoms with Gasteiger partial charge in [-0.3, -0.25) is 9.69 Å². The Kier molecular flexibility index (Phi) is 3.73. The predicted octanol–water partition coefficient (Wildman–Crippen LogP) is 2.28. The maximum absolute atomic E-state index is 12.0. The topological polar surface area (TPSA) is 20.3 Å². The second-order valence-corrected chi connectivity index (χ2v) is 4.61. The Bertz CT molecular complexity index is 347. The summed E-state index contributed by atoms with van der Waals surface area (Å²) in [5.41, 5.74) is 1.26. The predicted molar refractivity (Wildman–Crippen MR) is 65.4 cm³/mol. The lowest BCUT2D eigenvalue weighted by molar-refractivity contribution is -0.123. The number of carbonyl (C=O) groups excluding carboxylic acids is 1. The molecule has 0 saturated carbocycles. The smallest absolute Gasteiger partial charge is 0.150 e. The van der Waals surface area contributed by atoms with Crippen molar-refractivity contribution in [3.8, 4) is 0 Å². The number of rotatable bonds is 2. The zero-order chi connectivity index (χ0) is 11.4. The molecule has 1 aliphatic heterocycles. The summed E-state index contributed by atoms with van der Waals surface area (Å²) in [6, 6.07) is 10.4. The molecule has 2 rings (SSSR count). The van der Waals surface area contributed by atoms with Crippen molar-refractivity contribution in [2.45, 2.75) is 31.7 Å². The molecule has 2 nitrogen and oxygen atoms in total. The molecule has 0 radical (unpaired) electrons. The maximum Gasteiger partial charge on any atom is 0.150 e. The highest BCUT2D eigenvalue weighted by Gasteiger charge is 2.25. The minimum Gasteiger partial charge on any atom is -0.298 e. The van der Waals surface area contributed by atoms with E-state index in [0.717, 1.165) is 32.2 Å². The fraction of sp³-hybridized carbons (Fsp3) is 0.500. The van der Waals surface area contributed by atoms with E-state index in [1.807, 2.05) is 18.2 Å². The lowest BCUT2D eigenvalue weighted by Gasteiger charge is -2.24. The molecule has 1 fully saturated rings. The van der Waals surface area contributed by atoms with E-state index in [2.05, 4.69) is 24.1 Å². The zero-order valence-electron chi connectivity index (χ0n) is 9.86. The summed E-state index contributed by atoms with van der Waals surface area (Å²) in [5, 5.41) is 0. The summed E-state index contributed by atoms with van der Waals surface area (Å²) in [4.78, 5) is 14.2. The summed E-state index contributed by atoms with van der Waals surface area (Å²) < 4.78 is 0. The van der Waals surface area contributed by atoms with Gasteiger partial charge in [0.2, 0.25) is 0 Å². The third-order valence-electron chi connectivity index (χ3n) is 3.36. The van der Waals surface area contributed by atoms with Crippen LogP contribution in [-0.4, -0.2) is 30.3 Å². The van der Waals surface area contributed by atoms with Gasteiger partial charge in [-0.15, -0.1) is 0 Å². The van der Waals surface area contributed by atoms with Crippen molar-refractivity contribution >= 4 is 5.78 Å². The number of carbonyl (C=O) groups is 1. The van der Waals surface area contributed by atoms with E-state index in [4.69, 9.17) is 0 Å². The van der Waals surface area contributed by atoms with E-state index < -0.39 is 0 Å². The average molecular weight is 217 g/mol. The van der Waals surface area contributed by atoms with Crippen molar-refractivity contribution in [1.29, 1.82) is 0 Å². The molecule has 2 heteroatoms. The van der Waals surface area contributed by atoms with Gasteiger partial charge in [0.15, 0.2) is 0 Å². The SMILES string of the molecule is CN1CCCCC(=O)C1Cc1ccccc1. The van der Waals surface area contributed by atoms with E-state index in [-0.39, 0.29) is 6.04 Å². The fourth-order valence-electron chi connectivity index (χ4n) is 2.34. The molecule has 1 aromatic carbocycles. The van der Waals surface area contributed by atoms with Crippen LogP contribution in [0.15, 0.2) is 30.3 Å². The highest BCUT2D eigenvalue weighted by Crippen LogP contribution is 2.16. The Labute approximate surface area is 97.3 Å². The van der Waals surface area contributed by atoms with Gasteiger partial charge in [0.05, 0.1) is 6.04 Å². The van der Waals surface area contributed by atoms with Crippen LogP contribution in [-0.2, 0) is 11.2 Å². The average Bonchev–Trinajstić information content (AvgIpc) is 2.46. The molecule has 1 aliphatic rings. The van der Waals surface area contributed by atoms with Crippen LogP contribution < -0.4 is 0 Å². The van der Waals surface area contributed by atoms with Crippen molar-refractivity contribution < 1.29 is 4.79 Å². The summed E-state index contributed by atoms with van der Waals surface area (Å²) in [7, 11) is 2.07. The number of ketones is 1. The molecule has 0 spiro atoms. The third-order valence-corrected chi connectivity index (χ3v) is 3.36. The van der Waals surface area contributed by atoms with Crippen molar-refractivity contribution in [3.05, 3.63) is 35.9 Å². The van der Waals surface area contributed by atoms with E-state index in [0.29, 0.717) is 5.78 Å². The normalized spacial score (nSPS) is 23.1. The van der Waals surface area contributed by atoms with Crippen molar-refractivity contribution in [2.24, 2.45) is 0 Å². The molecule has 16 heavy (non-hydrogen) atoms. The number of likely N-dealkylation sites (tertiary alicyclic amines) is 1. The Morgan fingerprint density at radius 2 is 2.00 bits per heavy atom. The van der Waals surface area contributed by atoms with Crippen LogP contribution in [0.4, 0.5) is 0 Å². The lowest BCUT2D eigenvalue weighted by Crippen LogP contribution is -2.38.